The molecule has 0 fully saturated rings. The minimum atomic E-state index is -0.670. The maximum atomic E-state index is 10.7. The summed E-state index contributed by atoms with van der Waals surface area (Å²) in [7, 11) is 0. The summed E-state index contributed by atoms with van der Waals surface area (Å²) in [4.78, 5) is 10.7. The number of rotatable bonds is 4. The highest BCUT2D eigenvalue weighted by atomic mass is 16.2. The molecule has 2 rings (SSSR count). The monoisotopic (exact) mass is 253 g/mol. The van der Waals surface area contributed by atoms with E-state index in [1.54, 1.807) is 6.21 Å². The predicted octanol–water partition coefficient (Wildman–Crippen LogP) is 2.47. The lowest BCUT2D eigenvalue weighted by Gasteiger charge is -2.12. The van der Waals surface area contributed by atoms with Crippen LogP contribution in [-0.4, -0.2) is 12.2 Å². The molecule has 0 radical (unpaired) electrons. The molecule has 4 heteroatoms. The van der Waals surface area contributed by atoms with Gasteiger partial charge in [0.05, 0.1) is 0 Å². The molecule has 0 atom stereocenters. The highest BCUT2D eigenvalue weighted by molar-refractivity contribution is 5.76. The Kier molecular flexibility index (Phi) is 4.29. The summed E-state index contributed by atoms with van der Waals surface area (Å²) < 4.78 is 0. The molecule has 2 aromatic carbocycles. The van der Waals surface area contributed by atoms with Crippen LogP contribution in [0.4, 0.5) is 4.79 Å². The molecule has 2 amide bonds. The van der Waals surface area contributed by atoms with Gasteiger partial charge in [0.25, 0.3) is 0 Å². The van der Waals surface area contributed by atoms with E-state index in [0.29, 0.717) is 0 Å². The summed E-state index contributed by atoms with van der Waals surface area (Å²) in [6.45, 7) is 0. The minimum absolute atomic E-state index is 0.0192. The number of urea groups is 1. The van der Waals surface area contributed by atoms with Crippen LogP contribution in [-0.2, 0) is 0 Å². The molecule has 0 aliphatic heterocycles. The Hall–Kier alpha value is -2.62. The van der Waals surface area contributed by atoms with Crippen molar-refractivity contribution in [2.75, 3.05) is 0 Å². The molecule has 96 valence electrons. The van der Waals surface area contributed by atoms with Crippen molar-refractivity contribution in [2.24, 2.45) is 10.8 Å². The number of amides is 2. The summed E-state index contributed by atoms with van der Waals surface area (Å²) in [5.74, 6) is -0.0192. The lowest BCUT2D eigenvalue weighted by atomic mass is 9.92. The summed E-state index contributed by atoms with van der Waals surface area (Å²) in [5, 5.41) is 3.87. The van der Waals surface area contributed by atoms with Crippen molar-refractivity contribution >= 4 is 12.2 Å². The second-order valence-electron chi connectivity index (χ2n) is 4.05. The summed E-state index contributed by atoms with van der Waals surface area (Å²) in [6, 6.07) is 19.2. The average Bonchev–Trinajstić information content (AvgIpc) is 2.45. The van der Waals surface area contributed by atoms with Crippen molar-refractivity contribution in [1.82, 2.24) is 5.43 Å². The fourth-order valence-corrected chi connectivity index (χ4v) is 1.86. The Bertz CT molecular complexity index is 513. The first-order chi connectivity index (χ1) is 9.27. The van der Waals surface area contributed by atoms with E-state index in [-0.39, 0.29) is 5.92 Å². The fourth-order valence-electron chi connectivity index (χ4n) is 1.86. The van der Waals surface area contributed by atoms with Gasteiger partial charge in [0, 0.05) is 12.1 Å². The van der Waals surface area contributed by atoms with E-state index in [1.807, 2.05) is 60.7 Å². The van der Waals surface area contributed by atoms with Crippen LogP contribution >= 0.6 is 0 Å². The molecule has 19 heavy (non-hydrogen) atoms. The highest BCUT2D eigenvalue weighted by Gasteiger charge is 2.10. The van der Waals surface area contributed by atoms with Crippen molar-refractivity contribution in [2.45, 2.75) is 5.92 Å². The number of carbonyl (C=O) groups is 1. The van der Waals surface area contributed by atoms with Gasteiger partial charge in [-0.1, -0.05) is 60.7 Å². The first-order valence-electron chi connectivity index (χ1n) is 5.96. The van der Waals surface area contributed by atoms with Crippen LogP contribution in [0, 0.1) is 0 Å². The molecule has 0 aromatic heterocycles. The van der Waals surface area contributed by atoms with Gasteiger partial charge in [0.15, 0.2) is 0 Å². The van der Waals surface area contributed by atoms with E-state index >= 15 is 0 Å². The standard InChI is InChI=1S/C15H15N3O/c16-15(19)18-17-11-14(12-7-3-1-4-8-12)13-9-5-2-6-10-13/h1-11,14H,(H3,16,18,19)/b17-11+. The van der Waals surface area contributed by atoms with Gasteiger partial charge in [0.2, 0.25) is 0 Å². The summed E-state index contributed by atoms with van der Waals surface area (Å²) in [6.07, 6.45) is 1.68. The largest absolute Gasteiger partial charge is 0.350 e. The number of primary amides is 1. The second-order valence-corrected chi connectivity index (χ2v) is 4.05. The van der Waals surface area contributed by atoms with Gasteiger partial charge in [-0.2, -0.15) is 5.10 Å². The molecule has 0 aliphatic carbocycles. The van der Waals surface area contributed by atoms with Crippen LogP contribution in [0.5, 0.6) is 0 Å². The third-order valence-corrected chi connectivity index (χ3v) is 2.72. The van der Waals surface area contributed by atoms with E-state index in [4.69, 9.17) is 5.73 Å². The molecule has 2 aromatic rings. The van der Waals surface area contributed by atoms with Crippen LogP contribution in [0.3, 0.4) is 0 Å². The fraction of sp³-hybridized carbons (Fsp3) is 0.0667. The van der Waals surface area contributed by atoms with Gasteiger partial charge >= 0.3 is 6.03 Å². The summed E-state index contributed by atoms with van der Waals surface area (Å²) in [5.41, 5.74) is 9.42. The third-order valence-electron chi connectivity index (χ3n) is 2.72. The molecule has 0 unspecified atom stereocenters. The SMILES string of the molecule is NC(=O)N/N=C/C(c1ccccc1)c1ccccc1. The van der Waals surface area contributed by atoms with Crippen LogP contribution in [0.1, 0.15) is 17.0 Å². The molecule has 0 spiro atoms. The Morgan fingerprint density at radius 3 is 1.89 bits per heavy atom. The normalized spacial score (nSPS) is 10.8. The summed E-state index contributed by atoms with van der Waals surface area (Å²) >= 11 is 0. The van der Waals surface area contributed by atoms with Crippen LogP contribution < -0.4 is 11.2 Å². The Labute approximate surface area is 112 Å². The van der Waals surface area contributed by atoms with Crippen molar-refractivity contribution < 1.29 is 4.79 Å². The van der Waals surface area contributed by atoms with Crippen molar-refractivity contribution in [3.05, 3.63) is 71.8 Å². The molecule has 0 saturated heterocycles. The Balaban J connectivity index is 2.29. The quantitative estimate of drug-likeness (QED) is 0.638. The molecule has 0 bridgehead atoms. The lowest BCUT2D eigenvalue weighted by molar-refractivity contribution is 0.249. The topological polar surface area (TPSA) is 67.5 Å². The Morgan fingerprint density at radius 1 is 1.00 bits per heavy atom. The van der Waals surface area contributed by atoms with E-state index in [2.05, 4.69) is 10.5 Å². The maximum absolute atomic E-state index is 10.7. The number of benzene rings is 2. The highest BCUT2D eigenvalue weighted by Crippen LogP contribution is 2.22. The van der Waals surface area contributed by atoms with Crippen molar-refractivity contribution in [3.63, 3.8) is 0 Å². The molecular weight excluding hydrogens is 238 g/mol. The van der Waals surface area contributed by atoms with E-state index in [1.165, 1.54) is 0 Å². The predicted molar refractivity (Wildman–Crippen MR) is 75.9 cm³/mol. The smallest absolute Gasteiger partial charge is 0.332 e. The zero-order valence-electron chi connectivity index (χ0n) is 10.4. The lowest BCUT2D eigenvalue weighted by Crippen LogP contribution is -2.24. The van der Waals surface area contributed by atoms with E-state index in [9.17, 15) is 4.79 Å². The average molecular weight is 253 g/mol. The Morgan fingerprint density at radius 2 is 1.47 bits per heavy atom. The van der Waals surface area contributed by atoms with Crippen molar-refractivity contribution in [3.8, 4) is 0 Å². The van der Waals surface area contributed by atoms with Crippen molar-refractivity contribution in [1.29, 1.82) is 0 Å². The number of carbonyl (C=O) groups excluding carboxylic acids is 1. The van der Waals surface area contributed by atoms with Crippen LogP contribution in [0.15, 0.2) is 65.8 Å². The number of hydrogen-bond donors (Lipinski definition) is 2. The van der Waals surface area contributed by atoms with Gasteiger partial charge in [-0.15, -0.1) is 0 Å². The first kappa shape index (κ1) is 12.8. The number of hydrogen-bond acceptors (Lipinski definition) is 2. The molecule has 0 saturated carbocycles. The van der Waals surface area contributed by atoms with Gasteiger partial charge < -0.3 is 5.73 Å². The molecule has 4 nitrogen and oxygen atoms in total. The zero-order valence-corrected chi connectivity index (χ0v) is 10.4. The van der Waals surface area contributed by atoms with Gasteiger partial charge in [-0.05, 0) is 11.1 Å². The molecule has 0 aliphatic rings. The third kappa shape index (κ3) is 3.67. The second kappa shape index (κ2) is 6.35. The van der Waals surface area contributed by atoms with Crippen LogP contribution in [0.25, 0.3) is 0 Å². The molecule has 3 N–H and O–H groups in total. The number of nitrogens with zero attached hydrogens (tertiary/aromatic N) is 1. The maximum Gasteiger partial charge on any atom is 0.332 e. The van der Waals surface area contributed by atoms with Crippen LogP contribution in [0.2, 0.25) is 0 Å². The first-order valence-corrected chi connectivity index (χ1v) is 5.96. The number of nitrogens with one attached hydrogen (secondary N) is 1. The van der Waals surface area contributed by atoms with Gasteiger partial charge in [-0.25, -0.2) is 10.2 Å². The number of hydrazone groups is 1. The zero-order chi connectivity index (χ0) is 13.5. The van der Waals surface area contributed by atoms with Gasteiger partial charge in [0.1, 0.15) is 0 Å². The molecule has 0 heterocycles. The number of nitrogens with two attached hydrogens (primary N) is 1. The van der Waals surface area contributed by atoms with E-state index in [0.717, 1.165) is 11.1 Å². The molecular formula is C15H15N3O. The van der Waals surface area contributed by atoms with E-state index < -0.39 is 6.03 Å². The van der Waals surface area contributed by atoms with Gasteiger partial charge in [-0.3, -0.25) is 0 Å². The minimum Gasteiger partial charge on any atom is -0.350 e.